The first-order chi connectivity index (χ1) is 13.9. The molecule has 160 valence electrons. The van der Waals surface area contributed by atoms with Crippen molar-refractivity contribution in [3.63, 3.8) is 0 Å². The van der Waals surface area contributed by atoms with Gasteiger partial charge in [0.2, 0.25) is 0 Å². The number of carbonyl (C=O) groups excluding carboxylic acids is 2. The quantitative estimate of drug-likeness (QED) is 0.466. The molecule has 0 aliphatic carbocycles. The standard InChI is InChI=1S/C20H21ClNO7P/c1-11(23)13-6-9-16-15(10-13)17(18(20(2,3)28-16)29-30(25,26)27)22-19(24)12-4-7-14(21)8-5-12/h4-10,17-18H,1-3H3,(H,22,24)(H2,25,26,27)/t17-,18+/m0/s1. The van der Waals surface area contributed by atoms with Crippen LogP contribution in [0.25, 0.3) is 0 Å². The number of ether oxygens (including phenoxy) is 1. The fraction of sp³-hybridized carbons (Fsp3) is 0.300. The Morgan fingerprint density at radius 2 is 1.73 bits per heavy atom. The van der Waals surface area contributed by atoms with Crippen molar-refractivity contribution in [2.45, 2.75) is 38.5 Å². The van der Waals surface area contributed by atoms with Gasteiger partial charge < -0.3 is 19.8 Å². The second kappa shape index (κ2) is 8.13. The molecular formula is C20H21ClNO7P. The molecule has 0 unspecified atom stereocenters. The topological polar surface area (TPSA) is 122 Å². The highest BCUT2D eigenvalue weighted by atomic mass is 35.5. The molecule has 1 aliphatic rings. The number of Topliss-reactive ketones (excluding diaryl/α,β-unsaturated/α-hetero) is 1. The number of hydrogen-bond acceptors (Lipinski definition) is 5. The maximum absolute atomic E-state index is 12.9. The molecule has 1 aliphatic heterocycles. The molecule has 2 aromatic rings. The number of halogens is 1. The molecule has 2 atom stereocenters. The largest absolute Gasteiger partial charge is 0.485 e. The summed E-state index contributed by atoms with van der Waals surface area (Å²) in [7, 11) is -4.93. The zero-order valence-corrected chi connectivity index (χ0v) is 18.1. The van der Waals surface area contributed by atoms with Crippen LogP contribution < -0.4 is 10.1 Å². The number of phosphoric acid groups is 1. The summed E-state index contributed by atoms with van der Waals surface area (Å²) in [5.74, 6) is -0.345. The van der Waals surface area contributed by atoms with Crippen LogP contribution >= 0.6 is 19.4 Å². The molecule has 3 N–H and O–H groups in total. The monoisotopic (exact) mass is 453 g/mol. The number of benzene rings is 2. The van der Waals surface area contributed by atoms with Crippen molar-refractivity contribution in [3.8, 4) is 5.75 Å². The Labute approximate surface area is 178 Å². The first kappa shape index (κ1) is 22.5. The number of rotatable bonds is 5. The molecule has 2 aromatic carbocycles. The summed E-state index contributed by atoms with van der Waals surface area (Å²) in [5.41, 5.74) is -0.174. The van der Waals surface area contributed by atoms with Gasteiger partial charge in [-0.2, -0.15) is 0 Å². The van der Waals surface area contributed by atoms with Gasteiger partial charge in [0, 0.05) is 21.7 Å². The zero-order chi connectivity index (χ0) is 22.3. The maximum Gasteiger partial charge on any atom is 0.470 e. The van der Waals surface area contributed by atoms with E-state index in [9.17, 15) is 23.9 Å². The Bertz CT molecular complexity index is 1030. The smallest absolute Gasteiger partial charge is 0.470 e. The Morgan fingerprint density at radius 3 is 2.30 bits per heavy atom. The summed E-state index contributed by atoms with van der Waals surface area (Å²) >= 11 is 5.87. The van der Waals surface area contributed by atoms with Gasteiger partial charge >= 0.3 is 7.82 Å². The van der Waals surface area contributed by atoms with Crippen molar-refractivity contribution in [1.82, 2.24) is 5.32 Å². The van der Waals surface area contributed by atoms with E-state index in [1.165, 1.54) is 25.1 Å². The van der Waals surface area contributed by atoms with Gasteiger partial charge in [-0.1, -0.05) is 11.6 Å². The third kappa shape index (κ3) is 4.91. The first-order valence-electron chi connectivity index (χ1n) is 9.02. The predicted octanol–water partition coefficient (Wildman–Crippen LogP) is 3.66. The second-order valence-electron chi connectivity index (χ2n) is 7.49. The Balaban J connectivity index is 2.08. The average molecular weight is 454 g/mol. The molecule has 1 amide bonds. The second-order valence-corrected chi connectivity index (χ2v) is 9.12. The SMILES string of the molecule is CC(=O)c1ccc2c(c1)[C@H](NC(=O)c1ccc(Cl)cc1)[C@@H](OP(=O)(O)O)C(C)(C)O2. The van der Waals surface area contributed by atoms with Crippen LogP contribution in [0.5, 0.6) is 5.75 Å². The number of carbonyl (C=O) groups is 2. The Morgan fingerprint density at radius 1 is 1.13 bits per heavy atom. The van der Waals surface area contributed by atoms with E-state index in [0.717, 1.165) is 0 Å². The molecule has 8 nitrogen and oxygen atoms in total. The molecule has 3 rings (SSSR count). The Kier molecular flexibility index (Phi) is 6.09. The van der Waals surface area contributed by atoms with Crippen LogP contribution in [-0.2, 0) is 9.09 Å². The van der Waals surface area contributed by atoms with Crippen LogP contribution in [0.1, 0.15) is 53.1 Å². The van der Waals surface area contributed by atoms with Crippen LogP contribution in [0.2, 0.25) is 5.02 Å². The molecule has 0 saturated heterocycles. The van der Waals surface area contributed by atoms with E-state index in [0.29, 0.717) is 27.5 Å². The fourth-order valence-corrected chi connectivity index (χ4v) is 4.12. The number of amides is 1. The van der Waals surface area contributed by atoms with Gasteiger partial charge in [-0.3, -0.25) is 14.1 Å². The molecule has 0 aromatic heterocycles. The summed E-state index contributed by atoms with van der Waals surface area (Å²) in [5, 5.41) is 3.22. The first-order valence-corrected chi connectivity index (χ1v) is 10.9. The minimum Gasteiger partial charge on any atom is -0.485 e. The summed E-state index contributed by atoms with van der Waals surface area (Å²) in [6.07, 6.45) is -1.25. The van der Waals surface area contributed by atoms with Crippen molar-refractivity contribution in [1.29, 1.82) is 0 Å². The average Bonchev–Trinajstić information content (AvgIpc) is 2.63. The molecule has 0 spiro atoms. The molecule has 0 saturated carbocycles. The lowest BCUT2D eigenvalue weighted by Gasteiger charge is -2.44. The van der Waals surface area contributed by atoms with E-state index in [4.69, 9.17) is 20.9 Å². The van der Waals surface area contributed by atoms with Crippen molar-refractivity contribution in [2.24, 2.45) is 0 Å². The van der Waals surface area contributed by atoms with Crippen molar-refractivity contribution in [2.75, 3.05) is 0 Å². The van der Waals surface area contributed by atoms with Gasteiger partial charge in [-0.25, -0.2) is 4.57 Å². The van der Waals surface area contributed by atoms with Gasteiger partial charge in [0.05, 0.1) is 6.04 Å². The number of ketones is 1. The summed E-state index contributed by atoms with van der Waals surface area (Å²) < 4.78 is 22.6. The van der Waals surface area contributed by atoms with E-state index in [1.54, 1.807) is 38.1 Å². The molecular weight excluding hydrogens is 433 g/mol. The van der Waals surface area contributed by atoms with Gasteiger partial charge in [0.25, 0.3) is 5.91 Å². The molecule has 0 bridgehead atoms. The van der Waals surface area contributed by atoms with Gasteiger partial charge in [0.15, 0.2) is 5.78 Å². The Hall–Kier alpha value is -2.22. The van der Waals surface area contributed by atoms with E-state index >= 15 is 0 Å². The molecule has 0 fully saturated rings. The van der Waals surface area contributed by atoms with Crippen molar-refractivity contribution < 1.29 is 33.2 Å². The molecule has 10 heteroatoms. The van der Waals surface area contributed by atoms with Crippen molar-refractivity contribution in [3.05, 3.63) is 64.2 Å². The van der Waals surface area contributed by atoms with Gasteiger partial charge in [0.1, 0.15) is 17.5 Å². The lowest BCUT2D eigenvalue weighted by molar-refractivity contribution is -0.0597. The highest BCUT2D eigenvalue weighted by molar-refractivity contribution is 7.46. The molecule has 1 heterocycles. The maximum atomic E-state index is 12.9. The van der Waals surface area contributed by atoms with Crippen LogP contribution in [0.4, 0.5) is 0 Å². The lowest BCUT2D eigenvalue weighted by Crippen LogP contribution is -2.54. The molecule has 30 heavy (non-hydrogen) atoms. The van der Waals surface area contributed by atoms with E-state index in [-0.39, 0.29) is 5.78 Å². The van der Waals surface area contributed by atoms with Gasteiger partial charge in [-0.15, -0.1) is 0 Å². The summed E-state index contributed by atoms with van der Waals surface area (Å²) in [6.45, 7) is 4.58. The third-order valence-corrected chi connectivity index (χ3v) is 5.51. The lowest BCUT2D eigenvalue weighted by atomic mass is 9.85. The normalized spacial score (nSPS) is 20.1. The fourth-order valence-electron chi connectivity index (χ4n) is 3.32. The zero-order valence-electron chi connectivity index (χ0n) is 16.5. The summed E-state index contributed by atoms with van der Waals surface area (Å²) in [4.78, 5) is 43.6. The van der Waals surface area contributed by atoms with E-state index in [1.807, 2.05) is 0 Å². The number of phosphoric ester groups is 1. The van der Waals surface area contributed by atoms with E-state index in [2.05, 4.69) is 5.32 Å². The van der Waals surface area contributed by atoms with Gasteiger partial charge in [-0.05, 0) is 63.2 Å². The number of nitrogens with one attached hydrogen (secondary N) is 1. The summed E-state index contributed by atoms with van der Waals surface area (Å²) in [6, 6.07) is 9.84. The van der Waals surface area contributed by atoms with Crippen LogP contribution in [0.3, 0.4) is 0 Å². The third-order valence-electron chi connectivity index (χ3n) is 4.76. The minimum absolute atomic E-state index is 0.210. The minimum atomic E-state index is -4.93. The van der Waals surface area contributed by atoms with Crippen LogP contribution in [-0.4, -0.2) is 33.2 Å². The predicted molar refractivity (Wildman–Crippen MR) is 110 cm³/mol. The number of fused-ring (bicyclic) bond motifs is 1. The van der Waals surface area contributed by atoms with Crippen molar-refractivity contribution >= 4 is 31.1 Å². The number of hydrogen-bond donors (Lipinski definition) is 3. The molecule has 0 radical (unpaired) electrons. The van der Waals surface area contributed by atoms with Crippen LogP contribution in [0, 0.1) is 0 Å². The van der Waals surface area contributed by atoms with Crippen LogP contribution in [0.15, 0.2) is 42.5 Å². The highest BCUT2D eigenvalue weighted by Gasteiger charge is 2.48. The van der Waals surface area contributed by atoms with E-state index < -0.39 is 31.5 Å². The highest BCUT2D eigenvalue weighted by Crippen LogP contribution is 2.48.